The Labute approximate surface area is 144 Å². The Morgan fingerprint density at radius 2 is 1.67 bits per heavy atom. The second-order valence-electron chi connectivity index (χ2n) is 6.84. The summed E-state index contributed by atoms with van der Waals surface area (Å²) in [6, 6.07) is 19.0. The molecule has 1 aliphatic heterocycles. The molecule has 3 nitrogen and oxygen atoms in total. The lowest BCUT2D eigenvalue weighted by Crippen LogP contribution is -2.52. The van der Waals surface area contributed by atoms with E-state index in [1.807, 2.05) is 0 Å². The standard InChI is InChI=1S/C21H26N2O/c1-17-8-6-7-11-20(17)21(22-18(2)24)12-14-23(15-13-21)16-19-9-4-3-5-10-19/h3-11H,12-16H2,1-2H3,(H,22,24). The van der Waals surface area contributed by atoms with Crippen LogP contribution in [0.2, 0.25) is 0 Å². The molecule has 0 bridgehead atoms. The zero-order valence-corrected chi connectivity index (χ0v) is 14.6. The van der Waals surface area contributed by atoms with Crippen LogP contribution in [0.4, 0.5) is 0 Å². The molecule has 0 radical (unpaired) electrons. The molecule has 1 N–H and O–H groups in total. The molecule has 3 rings (SSSR count). The maximum atomic E-state index is 11.8. The van der Waals surface area contributed by atoms with Crippen molar-refractivity contribution in [1.82, 2.24) is 10.2 Å². The van der Waals surface area contributed by atoms with Crippen LogP contribution >= 0.6 is 0 Å². The molecular formula is C21H26N2O. The first-order valence-corrected chi connectivity index (χ1v) is 8.70. The number of carbonyl (C=O) groups excluding carboxylic acids is 1. The second-order valence-corrected chi connectivity index (χ2v) is 6.84. The number of hydrogen-bond acceptors (Lipinski definition) is 2. The van der Waals surface area contributed by atoms with Gasteiger partial charge in [-0.1, -0.05) is 54.6 Å². The predicted molar refractivity (Wildman–Crippen MR) is 97.6 cm³/mol. The molecule has 0 spiro atoms. The van der Waals surface area contributed by atoms with Crippen molar-refractivity contribution in [1.29, 1.82) is 0 Å². The topological polar surface area (TPSA) is 32.3 Å². The van der Waals surface area contributed by atoms with Crippen LogP contribution in [0.5, 0.6) is 0 Å². The van der Waals surface area contributed by atoms with Gasteiger partial charge in [0.1, 0.15) is 0 Å². The van der Waals surface area contributed by atoms with Gasteiger partial charge in [0.25, 0.3) is 0 Å². The first-order chi connectivity index (χ1) is 11.6. The highest BCUT2D eigenvalue weighted by atomic mass is 16.1. The van der Waals surface area contributed by atoms with Gasteiger partial charge in [0.2, 0.25) is 5.91 Å². The normalized spacial score (nSPS) is 17.4. The molecule has 0 saturated carbocycles. The van der Waals surface area contributed by atoms with Crippen molar-refractivity contribution >= 4 is 5.91 Å². The summed E-state index contributed by atoms with van der Waals surface area (Å²) in [6.07, 6.45) is 1.90. The predicted octanol–water partition coefficient (Wildman–Crippen LogP) is 3.62. The third-order valence-electron chi connectivity index (χ3n) is 5.03. The molecule has 1 amide bonds. The van der Waals surface area contributed by atoms with E-state index in [1.54, 1.807) is 6.92 Å². The Morgan fingerprint density at radius 3 is 2.29 bits per heavy atom. The Bertz CT molecular complexity index is 688. The maximum Gasteiger partial charge on any atom is 0.217 e. The van der Waals surface area contributed by atoms with Crippen LogP contribution in [0.3, 0.4) is 0 Å². The van der Waals surface area contributed by atoms with Crippen LogP contribution in [0, 0.1) is 6.92 Å². The van der Waals surface area contributed by atoms with Crippen molar-refractivity contribution in [3.63, 3.8) is 0 Å². The number of hydrogen-bond donors (Lipinski definition) is 1. The van der Waals surface area contributed by atoms with Gasteiger partial charge < -0.3 is 5.32 Å². The monoisotopic (exact) mass is 322 g/mol. The molecule has 3 heteroatoms. The molecule has 0 unspecified atom stereocenters. The Morgan fingerprint density at radius 1 is 1.04 bits per heavy atom. The molecule has 1 fully saturated rings. The lowest BCUT2D eigenvalue weighted by molar-refractivity contribution is -0.121. The molecule has 0 aromatic heterocycles. The summed E-state index contributed by atoms with van der Waals surface area (Å²) >= 11 is 0. The van der Waals surface area contributed by atoms with Gasteiger partial charge in [0.15, 0.2) is 0 Å². The molecule has 0 atom stereocenters. The van der Waals surface area contributed by atoms with Crippen LogP contribution in [0.1, 0.15) is 36.5 Å². The molecule has 1 saturated heterocycles. The highest BCUT2D eigenvalue weighted by Gasteiger charge is 2.37. The SMILES string of the molecule is CC(=O)NC1(c2ccccc2C)CCN(Cc2ccccc2)CC1. The highest BCUT2D eigenvalue weighted by Crippen LogP contribution is 2.35. The largest absolute Gasteiger partial charge is 0.347 e. The minimum absolute atomic E-state index is 0.0507. The second kappa shape index (κ2) is 7.18. The highest BCUT2D eigenvalue weighted by molar-refractivity contribution is 5.74. The zero-order chi connectivity index (χ0) is 17.0. The molecule has 0 aliphatic carbocycles. The fraction of sp³-hybridized carbons (Fsp3) is 0.381. The summed E-state index contributed by atoms with van der Waals surface area (Å²) < 4.78 is 0. The molecular weight excluding hydrogens is 296 g/mol. The summed E-state index contributed by atoms with van der Waals surface area (Å²) in [4.78, 5) is 14.3. The van der Waals surface area contributed by atoms with Gasteiger partial charge in [0, 0.05) is 26.6 Å². The lowest BCUT2D eigenvalue weighted by Gasteiger charge is -2.43. The summed E-state index contributed by atoms with van der Waals surface area (Å²) in [5, 5.41) is 3.27. The van der Waals surface area contributed by atoms with E-state index < -0.39 is 0 Å². The fourth-order valence-corrected chi connectivity index (χ4v) is 3.84. The summed E-state index contributed by atoms with van der Waals surface area (Å²) in [5.41, 5.74) is 3.63. The average molecular weight is 322 g/mol. The van der Waals surface area contributed by atoms with Crippen molar-refractivity contribution in [3.05, 3.63) is 71.3 Å². The number of aryl methyl sites for hydroxylation is 1. The van der Waals surface area contributed by atoms with Crippen LogP contribution in [0.25, 0.3) is 0 Å². The Kier molecular flexibility index (Phi) is 5.00. The number of piperidine rings is 1. The van der Waals surface area contributed by atoms with E-state index >= 15 is 0 Å². The smallest absolute Gasteiger partial charge is 0.217 e. The number of nitrogens with zero attached hydrogens (tertiary/aromatic N) is 1. The zero-order valence-electron chi connectivity index (χ0n) is 14.6. The number of likely N-dealkylation sites (tertiary alicyclic amines) is 1. The van der Waals surface area contributed by atoms with Crippen molar-refractivity contribution < 1.29 is 4.79 Å². The van der Waals surface area contributed by atoms with Gasteiger partial charge in [0.05, 0.1) is 5.54 Å². The van der Waals surface area contributed by atoms with E-state index in [-0.39, 0.29) is 11.4 Å². The van der Waals surface area contributed by atoms with Gasteiger partial charge in [-0.05, 0) is 36.5 Å². The first kappa shape index (κ1) is 16.7. The molecule has 1 heterocycles. The van der Waals surface area contributed by atoms with Crippen molar-refractivity contribution in [2.45, 2.75) is 38.8 Å². The van der Waals surface area contributed by atoms with E-state index in [0.29, 0.717) is 0 Å². The minimum Gasteiger partial charge on any atom is -0.347 e. The van der Waals surface area contributed by atoms with Crippen molar-refractivity contribution in [3.8, 4) is 0 Å². The first-order valence-electron chi connectivity index (χ1n) is 8.70. The number of rotatable bonds is 4. The third kappa shape index (κ3) is 3.68. The Balaban J connectivity index is 1.76. The average Bonchev–Trinajstić information content (AvgIpc) is 2.58. The summed E-state index contributed by atoms with van der Waals surface area (Å²) in [7, 11) is 0. The van der Waals surface area contributed by atoms with Gasteiger partial charge in [-0.3, -0.25) is 9.69 Å². The van der Waals surface area contributed by atoms with Crippen LogP contribution in [0.15, 0.2) is 54.6 Å². The lowest BCUT2D eigenvalue weighted by atomic mass is 9.78. The number of benzene rings is 2. The van der Waals surface area contributed by atoms with E-state index in [0.717, 1.165) is 32.5 Å². The Hall–Kier alpha value is -2.13. The van der Waals surface area contributed by atoms with Crippen molar-refractivity contribution in [2.75, 3.05) is 13.1 Å². The van der Waals surface area contributed by atoms with Crippen LogP contribution in [-0.2, 0) is 16.9 Å². The third-order valence-corrected chi connectivity index (χ3v) is 5.03. The van der Waals surface area contributed by atoms with E-state index in [2.05, 4.69) is 71.7 Å². The van der Waals surface area contributed by atoms with E-state index in [4.69, 9.17) is 0 Å². The molecule has 2 aromatic carbocycles. The minimum atomic E-state index is -0.232. The fourth-order valence-electron chi connectivity index (χ4n) is 3.84. The van der Waals surface area contributed by atoms with Gasteiger partial charge in [-0.15, -0.1) is 0 Å². The molecule has 24 heavy (non-hydrogen) atoms. The molecule has 1 aliphatic rings. The van der Waals surface area contributed by atoms with Gasteiger partial charge >= 0.3 is 0 Å². The summed E-state index contributed by atoms with van der Waals surface area (Å²) in [6.45, 7) is 6.71. The van der Waals surface area contributed by atoms with E-state index in [9.17, 15) is 4.79 Å². The summed E-state index contributed by atoms with van der Waals surface area (Å²) in [5.74, 6) is 0.0507. The quantitative estimate of drug-likeness (QED) is 0.932. The van der Waals surface area contributed by atoms with E-state index in [1.165, 1.54) is 16.7 Å². The number of amides is 1. The molecule has 126 valence electrons. The van der Waals surface area contributed by atoms with Gasteiger partial charge in [-0.2, -0.15) is 0 Å². The number of nitrogens with one attached hydrogen (secondary N) is 1. The van der Waals surface area contributed by atoms with Gasteiger partial charge in [-0.25, -0.2) is 0 Å². The van der Waals surface area contributed by atoms with Crippen LogP contribution < -0.4 is 5.32 Å². The number of carbonyl (C=O) groups is 1. The van der Waals surface area contributed by atoms with Crippen LogP contribution in [-0.4, -0.2) is 23.9 Å². The maximum absolute atomic E-state index is 11.8. The van der Waals surface area contributed by atoms with Crippen molar-refractivity contribution in [2.24, 2.45) is 0 Å². The molecule has 2 aromatic rings.